The topological polar surface area (TPSA) is 74.4 Å². The second kappa shape index (κ2) is 8.57. The quantitative estimate of drug-likeness (QED) is 0.563. The first-order valence-corrected chi connectivity index (χ1v) is 11.5. The Bertz CT molecular complexity index is 1380. The molecular weight excluding hydrogens is 459 g/mol. The highest BCUT2D eigenvalue weighted by Crippen LogP contribution is 2.39. The summed E-state index contributed by atoms with van der Waals surface area (Å²) in [5, 5.41) is 9.36. The molecule has 0 bridgehead atoms. The van der Waals surface area contributed by atoms with Crippen LogP contribution in [0.15, 0.2) is 41.2 Å². The monoisotopic (exact) mass is 483 g/mol. The molecule has 1 unspecified atom stereocenters. The third kappa shape index (κ3) is 3.90. The Hall–Kier alpha value is -3.58. The SMILES string of the molecule is CCC(c1ccc(C(F)(F)F)cc1)N1CCN2c3c(c(=O)n(C)c4ccc(C#N)nc34)OC[C@@H]2C1. The van der Waals surface area contributed by atoms with Gasteiger partial charge in [-0.3, -0.25) is 9.69 Å². The van der Waals surface area contributed by atoms with Gasteiger partial charge in [0, 0.05) is 32.7 Å². The molecule has 10 heteroatoms. The van der Waals surface area contributed by atoms with Gasteiger partial charge in [-0.15, -0.1) is 0 Å². The molecule has 0 amide bonds. The van der Waals surface area contributed by atoms with E-state index in [0.717, 1.165) is 24.1 Å². The zero-order chi connectivity index (χ0) is 24.9. The van der Waals surface area contributed by atoms with E-state index in [4.69, 9.17) is 4.74 Å². The summed E-state index contributed by atoms with van der Waals surface area (Å²) in [6.07, 6.45) is -3.62. The van der Waals surface area contributed by atoms with Crippen molar-refractivity contribution in [2.45, 2.75) is 31.6 Å². The van der Waals surface area contributed by atoms with E-state index in [2.05, 4.69) is 20.9 Å². The fourth-order valence-corrected chi connectivity index (χ4v) is 5.20. The van der Waals surface area contributed by atoms with E-state index in [0.29, 0.717) is 43.0 Å². The first kappa shape index (κ1) is 23.2. The van der Waals surface area contributed by atoms with Crippen LogP contribution in [-0.2, 0) is 13.2 Å². The fourth-order valence-electron chi connectivity index (χ4n) is 5.20. The number of rotatable bonds is 3. The van der Waals surface area contributed by atoms with Crippen LogP contribution in [0, 0.1) is 11.3 Å². The van der Waals surface area contributed by atoms with E-state index in [1.807, 2.05) is 6.92 Å². The minimum absolute atomic E-state index is 0.0375. The number of alkyl halides is 3. The van der Waals surface area contributed by atoms with Gasteiger partial charge >= 0.3 is 6.18 Å². The summed E-state index contributed by atoms with van der Waals surface area (Å²) in [7, 11) is 1.65. The van der Waals surface area contributed by atoms with Gasteiger partial charge in [-0.05, 0) is 36.2 Å². The predicted molar refractivity (Wildman–Crippen MR) is 124 cm³/mol. The molecule has 2 atom stereocenters. The number of ether oxygens (including phenoxy) is 1. The molecular formula is C25H24F3N5O2. The van der Waals surface area contributed by atoms with Gasteiger partial charge in [-0.2, -0.15) is 18.4 Å². The molecule has 182 valence electrons. The molecule has 35 heavy (non-hydrogen) atoms. The van der Waals surface area contributed by atoms with Crippen molar-refractivity contribution < 1.29 is 17.9 Å². The molecule has 1 aromatic carbocycles. The molecule has 1 fully saturated rings. The number of aryl methyl sites for hydroxylation is 1. The summed E-state index contributed by atoms with van der Waals surface area (Å²) >= 11 is 0. The van der Waals surface area contributed by atoms with Crippen molar-refractivity contribution >= 4 is 16.7 Å². The van der Waals surface area contributed by atoms with E-state index in [1.165, 1.54) is 4.57 Å². The summed E-state index contributed by atoms with van der Waals surface area (Å²) in [4.78, 5) is 21.9. The van der Waals surface area contributed by atoms with Gasteiger partial charge in [0.1, 0.15) is 29.6 Å². The number of benzene rings is 1. The van der Waals surface area contributed by atoms with Crippen LogP contribution >= 0.6 is 0 Å². The number of anilines is 1. The number of nitriles is 1. The van der Waals surface area contributed by atoms with Gasteiger partial charge < -0.3 is 14.2 Å². The Balaban J connectivity index is 1.47. The summed E-state index contributed by atoms with van der Waals surface area (Å²) in [6, 6.07) is 10.6. The Morgan fingerprint density at radius 2 is 1.94 bits per heavy atom. The summed E-state index contributed by atoms with van der Waals surface area (Å²) in [5.41, 5.74) is 1.97. The van der Waals surface area contributed by atoms with Crippen molar-refractivity contribution in [2.24, 2.45) is 7.05 Å². The molecule has 0 saturated carbocycles. The van der Waals surface area contributed by atoms with Gasteiger partial charge in [0.05, 0.1) is 17.1 Å². The number of pyridine rings is 2. The van der Waals surface area contributed by atoms with Crippen molar-refractivity contribution in [1.82, 2.24) is 14.5 Å². The largest absolute Gasteiger partial charge is 0.484 e. The van der Waals surface area contributed by atoms with Gasteiger partial charge in [0.2, 0.25) is 5.75 Å². The standard InChI is InChI=1S/C25H24F3N5O2/c1-3-19(15-4-6-16(7-5-15)25(26,27)28)32-10-11-33-18(13-32)14-35-23-22(33)21-20(31(2)24(23)34)9-8-17(12-29)30-21/h4-9,18-19H,3,10-11,13-14H2,1-2H3/t18-,19?/m0/s1. The third-order valence-electron chi connectivity index (χ3n) is 6.96. The first-order chi connectivity index (χ1) is 16.7. The van der Waals surface area contributed by atoms with Gasteiger partial charge in [0.15, 0.2) is 0 Å². The minimum atomic E-state index is -4.36. The Morgan fingerprint density at radius 1 is 1.20 bits per heavy atom. The lowest BCUT2D eigenvalue weighted by molar-refractivity contribution is -0.137. The van der Waals surface area contributed by atoms with Crippen molar-refractivity contribution in [3.63, 3.8) is 0 Å². The second-order valence-electron chi connectivity index (χ2n) is 8.91. The second-order valence-corrected chi connectivity index (χ2v) is 8.91. The Kier molecular flexibility index (Phi) is 5.68. The Labute approximate surface area is 200 Å². The molecule has 0 spiro atoms. The molecule has 0 aliphatic carbocycles. The van der Waals surface area contributed by atoms with E-state index in [1.54, 1.807) is 31.3 Å². The summed E-state index contributed by atoms with van der Waals surface area (Å²) in [6.45, 7) is 4.20. The molecule has 2 aliphatic heterocycles. The number of aromatic nitrogens is 2. The van der Waals surface area contributed by atoms with Crippen molar-refractivity contribution in [2.75, 3.05) is 31.1 Å². The Morgan fingerprint density at radius 3 is 2.60 bits per heavy atom. The van der Waals surface area contributed by atoms with Crippen LogP contribution in [0.1, 0.15) is 36.2 Å². The lowest BCUT2D eigenvalue weighted by Crippen LogP contribution is -2.58. The zero-order valence-corrected chi connectivity index (χ0v) is 19.3. The first-order valence-electron chi connectivity index (χ1n) is 11.5. The van der Waals surface area contributed by atoms with Crippen LogP contribution in [0.4, 0.5) is 18.9 Å². The third-order valence-corrected chi connectivity index (χ3v) is 6.96. The molecule has 1 saturated heterocycles. The summed E-state index contributed by atoms with van der Waals surface area (Å²) < 4.78 is 46.4. The van der Waals surface area contributed by atoms with Crippen LogP contribution in [0.5, 0.6) is 5.75 Å². The van der Waals surface area contributed by atoms with Gasteiger partial charge in [-0.1, -0.05) is 19.1 Å². The highest BCUT2D eigenvalue weighted by Gasteiger charge is 2.38. The molecule has 2 aliphatic rings. The number of hydrogen-bond acceptors (Lipinski definition) is 6. The number of piperazine rings is 1. The average Bonchev–Trinajstić information content (AvgIpc) is 2.86. The van der Waals surface area contributed by atoms with Gasteiger partial charge in [-0.25, -0.2) is 4.98 Å². The molecule has 2 aromatic heterocycles. The highest BCUT2D eigenvalue weighted by atomic mass is 19.4. The summed E-state index contributed by atoms with van der Waals surface area (Å²) in [5.74, 6) is 0.238. The van der Waals surface area contributed by atoms with E-state index >= 15 is 0 Å². The zero-order valence-electron chi connectivity index (χ0n) is 19.3. The van der Waals surface area contributed by atoms with Crippen LogP contribution in [0.25, 0.3) is 11.0 Å². The molecule has 3 aromatic rings. The molecule has 4 heterocycles. The van der Waals surface area contributed by atoms with Gasteiger partial charge in [0.25, 0.3) is 5.56 Å². The number of fused-ring (bicyclic) bond motifs is 5. The van der Waals surface area contributed by atoms with Crippen LogP contribution in [0.3, 0.4) is 0 Å². The number of nitrogens with zero attached hydrogens (tertiary/aromatic N) is 5. The van der Waals surface area contributed by atoms with Crippen LogP contribution < -0.4 is 15.2 Å². The molecule has 0 N–H and O–H groups in total. The molecule has 0 radical (unpaired) electrons. The predicted octanol–water partition coefficient (Wildman–Crippen LogP) is 3.86. The maximum atomic E-state index is 13.0. The smallest absolute Gasteiger partial charge is 0.416 e. The van der Waals surface area contributed by atoms with E-state index < -0.39 is 11.7 Å². The van der Waals surface area contributed by atoms with Crippen LogP contribution in [-0.4, -0.2) is 46.7 Å². The lowest BCUT2D eigenvalue weighted by atomic mass is 9.98. The normalized spacial score (nSPS) is 19.0. The molecule has 7 nitrogen and oxygen atoms in total. The maximum Gasteiger partial charge on any atom is 0.416 e. The van der Waals surface area contributed by atoms with Crippen molar-refractivity contribution in [1.29, 1.82) is 5.26 Å². The van der Waals surface area contributed by atoms with E-state index in [9.17, 15) is 23.2 Å². The average molecular weight is 483 g/mol. The molecule has 5 rings (SSSR count). The number of hydrogen-bond donors (Lipinski definition) is 0. The lowest BCUT2D eigenvalue weighted by Gasteiger charge is -2.47. The van der Waals surface area contributed by atoms with Crippen LogP contribution in [0.2, 0.25) is 0 Å². The maximum absolute atomic E-state index is 13.0. The van der Waals surface area contributed by atoms with Crippen molar-refractivity contribution in [3.05, 3.63) is 63.6 Å². The highest BCUT2D eigenvalue weighted by molar-refractivity contribution is 5.93. The minimum Gasteiger partial charge on any atom is -0.484 e. The van der Waals surface area contributed by atoms with E-state index in [-0.39, 0.29) is 29.1 Å². The van der Waals surface area contributed by atoms with Crippen molar-refractivity contribution in [3.8, 4) is 11.8 Å². The number of halogens is 3. The fraction of sp³-hybridized carbons (Fsp3) is 0.400.